The van der Waals surface area contributed by atoms with E-state index in [1.807, 2.05) is 0 Å². The highest BCUT2D eigenvalue weighted by molar-refractivity contribution is 5.85. The van der Waals surface area contributed by atoms with E-state index in [1.165, 1.54) is 6.07 Å². The summed E-state index contributed by atoms with van der Waals surface area (Å²) in [5.41, 5.74) is 6.42. The van der Waals surface area contributed by atoms with Crippen molar-refractivity contribution < 1.29 is 9.72 Å². The van der Waals surface area contributed by atoms with Crippen LogP contribution in [-0.4, -0.2) is 16.9 Å². The zero-order chi connectivity index (χ0) is 14.5. The van der Waals surface area contributed by atoms with Gasteiger partial charge in [0, 0.05) is 30.1 Å². The van der Waals surface area contributed by atoms with Crippen molar-refractivity contribution in [3.8, 4) is 0 Å². The summed E-state index contributed by atoms with van der Waals surface area (Å²) in [5.74, 6) is -0.125. The van der Waals surface area contributed by atoms with Crippen molar-refractivity contribution in [3.05, 3.63) is 39.9 Å². The molecule has 1 aromatic rings. The highest BCUT2D eigenvalue weighted by Crippen LogP contribution is 2.23. The van der Waals surface area contributed by atoms with Crippen molar-refractivity contribution >= 4 is 24.0 Å². The molecular weight excluding hydrogens is 294 g/mol. The number of nitro benzene ring substituents is 1. The first-order valence-corrected chi connectivity index (χ1v) is 6.83. The number of rotatable bonds is 4. The van der Waals surface area contributed by atoms with E-state index in [4.69, 9.17) is 5.73 Å². The Hall–Kier alpha value is -1.66. The number of carbonyl (C=O) groups is 1. The minimum Gasteiger partial charge on any atom is -0.352 e. The van der Waals surface area contributed by atoms with E-state index in [9.17, 15) is 14.9 Å². The van der Waals surface area contributed by atoms with Crippen molar-refractivity contribution in [2.75, 3.05) is 0 Å². The third-order valence-corrected chi connectivity index (χ3v) is 3.73. The monoisotopic (exact) mass is 313 g/mol. The molecular formula is C14H20ClN3O3. The molecule has 1 aromatic carbocycles. The summed E-state index contributed by atoms with van der Waals surface area (Å²) < 4.78 is 0. The van der Waals surface area contributed by atoms with Gasteiger partial charge in [0.1, 0.15) is 0 Å². The van der Waals surface area contributed by atoms with Crippen molar-refractivity contribution in [1.29, 1.82) is 0 Å². The smallest absolute Gasteiger partial charge is 0.274 e. The molecule has 3 N–H and O–H groups in total. The SMILES string of the molecule is Cl.NC1CCCC(C(=O)NCc2ccccc2[N+](=O)[O-])C1. The number of para-hydroxylation sites is 1. The van der Waals surface area contributed by atoms with Crippen LogP contribution in [0, 0.1) is 16.0 Å². The molecule has 116 valence electrons. The fraction of sp³-hybridized carbons (Fsp3) is 0.500. The number of benzene rings is 1. The van der Waals surface area contributed by atoms with Gasteiger partial charge in [0.2, 0.25) is 5.91 Å². The molecule has 2 atom stereocenters. The predicted octanol–water partition coefficient (Wildman–Crippen LogP) is 2.15. The minimum atomic E-state index is -0.433. The average molecular weight is 314 g/mol. The Morgan fingerprint density at radius 2 is 2.10 bits per heavy atom. The van der Waals surface area contributed by atoms with Gasteiger partial charge < -0.3 is 11.1 Å². The van der Waals surface area contributed by atoms with Gasteiger partial charge in [-0.05, 0) is 19.3 Å². The van der Waals surface area contributed by atoms with Crippen molar-refractivity contribution in [1.82, 2.24) is 5.32 Å². The lowest BCUT2D eigenvalue weighted by Crippen LogP contribution is -2.37. The normalized spacial score (nSPS) is 21.2. The molecule has 1 saturated carbocycles. The van der Waals surface area contributed by atoms with Crippen LogP contribution < -0.4 is 11.1 Å². The first kappa shape index (κ1) is 17.4. The number of halogens is 1. The highest BCUT2D eigenvalue weighted by atomic mass is 35.5. The Morgan fingerprint density at radius 3 is 2.76 bits per heavy atom. The molecule has 7 heteroatoms. The zero-order valence-corrected chi connectivity index (χ0v) is 12.5. The number of nitro groups is 1. The van der Waals surface area contributed by atoms with Crippen LogP contribution in [0.15, 0.2) is 24.3 Å². The minimum absolute atomic E-state index is 0. The molecule has 2 unspecified atom stereocenters. The quantitative estimate of drug-likeness (QED) is 0.657. The number of hydrogen-bond acceptors (Lipinski definition) is 4. The fourth-order valence-corrected chi connectivity index (χ4v) is 2.63. The molecule has 1 aliphatic carbocycles. The van der Waals surface area contributed by atoms with Gasteiger partial charge in [-0.1, -0.05) is 24.6 Å². The van der Waals surface area contributed by atoms with Gasteiger partial charge >= 0.3 is 0 Å². The number of hydrogen-bond donors (Lipinski definition) is 2. The Kier molecular flexibility index (Phi) is 6.58. The molecule has 0 radical (unpaired) electrons. The third-order valence-electron chi connectivity index (χ3n) is 3.73. The summed E-state index contributed by atoms with van der Waals surface area (Å²) in [6.45, 7) is 0.182. The van der Waals surface area contributed by atoms with Crippen LogP contribution in [0.2, 0.25) is 0 Å². The Morgan fingerprint density at radius 1 is 1.38 bits per heavy atom. The van der Waals surface area contributed by atoms with E-state index in [1.54, 1.807) is 18.2 Å². The van der Waals surface area contributed by atoms with Crippen LogP contribution in [0.5, 0.6) is 0 Å². The number of carbonyl (C=O) groups excluding carboxylic acids is 1. The van der Waals surface area contributed by atoms with Crippen molar-refractivity contribution in [2.45, 2.75) is 38.3 Å². The Labute approximate surface area is 129 Å². The molecule has 21 heavy (non-hydrogen) atoms. The average Bonchev–Trinajstić information content (AvgIpc) is 2.45. The maximum absolute atomic E-state index is 12.1. The Bertz CT molecular complexity index is 510. The maximum Gasteiger partial charge on any atom is 0.274 e. The summed E-state index contributed by atoms with van der Waals surface area (Å²) >= 11 is 0. The second kappa shape index (κ2) is 7.95. The van der Waals surface area contributed by atoms with Gasteiger partial charge in [-0.15, -0.1) is 12.4 Å². The molecule has 0 spiro atoms. The van der Waals surface area contributed by atoms with Crippen LogP contribution in [0.25, 0.3) is 0 Å². The molecule has 1 aliphatic rings. The summed E-state index contributed by atoms with van der Waals surface area (Å²) in [4.78, 5) is 22.5. The summed E-state index contributed by atoms with van der Waals surface area (Å²) in [5, 5.41) is 13.7. The van der Waals surface area contributed by atoms with Crippen LogP contribution in [-0.2, 0) is 11.3 Å². The maximum atomic E-state index is 12.1. The lowest BCUT2D eigenvalue weighted by molar-refractivity contribution is -0.385. The summed E-state index contributed by atoms with van der Waals surface area (Å²) in [6, 6.07) is 6.53. The predicted molar refractivity (Wildman–Crippen MR) is 82.1 cm³/mol. The van der Waals surface area contributed by atoms with Gasteiger partial charge in [-0.2, -0.15) is 0 Å². The molecule has 0 aromatic heterocycles. The lowest BCUT2D eigenvalue weighted by atomic mass is 9.85. The van der Waals surface area contributed by atoms with Gasteiger partial charge in [-0.25, -0.2) is 0 Å². The van der Waals surface area contributed by atoms with E-state index in [2.05, 4.69) is 5.32 Å². The summed E-state index contributed by atoms with van der Waals surface area (Å²) in [6.07, 6.45) is 3.47. The van der Waals surface area contributed by atoms with Gasteiger partial charge in [0.05, 0.1) is 4.92 Å². The second-order valence-corrected chi connectivity index (χ2v) is 5.23. The molecule has 2 rings (SSSR count). The van der Waals surface area contributed by atoms with Crippen molar-refractivity contribution in [3.63, 3.8) is 0 Å². The summed E-state index contributed by atoms with van der Waals surface area (Å²) in [7, 11) is 0. The zero-order valence-electron chi connectivity index (χ0n) is 11.7. The van der Waals surface area contributed by atoms with Crippen LogP contribution in [0.1, 0.15) is 31.2 Å². The van der Waals surface area contributed by atoms with E-state index < -0.39 is 4.92 Å². The molecule has 1 amide bonds. The fourth-order valence-electron chi connectivity index (χ4n) is 2.63. The Balaban J connectivity index is 0.00000220. The van der Waals surface area contributed by atoms with Crippen molar-refractivity contribution in [2.24, 2.45) is 11.7 Å². The lowest BCUT2D eigenvalue weighted by Gasteiger charge is -2.25. The molecule has 0 aliphatic heterocycles. The number of nitrogens with zero attached hydrogens (tertiary/aromatic N) is 1. The van der Waals surface area contributed by atoms with Gasteiger partial charge in [-0.3, -0.25) is 14.9 Å². The van der Waals surface area contributed by atoms with E-state index >= 15 is 0 Å². The first-order chi connectivity index (χ1) is 9.58. The van der Waals surface area contributed by atoms with E-state index in [-0.39, 0.29) is 42.5 Å². The third kappa shape index (κ3) is 4.68. The standard InChI is InChI=1S/C14H19N3O3.ClH/c15-12-6-3-5-10(8-12)14(18)16-9-11-4-1-2-7-13(11)17(19)20;/h1-2,4,7,10,12H,3,5-6,8-9,15H2,(H,16,18);1H. The largest absolute Gasteiger partial charge is 0.352 e. The first-order valence-electron chi connectivity index (χ1n) is 6.83. The topological polar surface area (TPSA) is 98.3 Å². The molecule has 0 saturated heterocycles. The van der Waals surface area contributed by atoms with E-state index in [0.717, 1.165) is 19.3 Å². The van der Waals surface area contributed by atoms with Crippen LogP contribution in [0.3, 0.4) is 0 Å². The van der Waals surface area contributed by atoms with E-state index in [0.29, 0.717) is 12.0 Å². The van der Waals surface area contributed by atoms with Crippen LogP contribution in [0.4, 0.5) is 5.69 Å². The van der Waals surface area contributed by atoms with Gasteiger partial charge in [0.15, 0.2) is 0 Å². The molecule has 0 bridgehead atoms. The number of nitrogens with one attached hydrogen (secondary N) is 1. The second-order valence-electron chi connectivity index (χ2n) is 5.23. The number of amides is 1. The molecule has 0 heterocycles. The molecule has 1 fully saturated rings. The molecule has 6 nitrogen and oxygen atoms in total. The van der Waals surface area contributed by atoms with Crippen LogP contribution >= 0.6 is 12.4 Å². The highest BCUT2D eigenvalue weighted by Gasteiger charge is 2.25. The van der Waals surface area contributed by atoms with Gasteiger partial charge in [0.25, 0.3) is 5.69 Å². The number of nitrogens with two attached hydrogens (primary N) is 1.